The first-order valence-corrected chi connectivity index (χ1v) is 6.28. The van der Waals surface area contributed by atoms with E-state index in [0.717, 1.165) is 31.8 Å². The molecule has 5 nitrogen and oxygen atoms in total. The molecule has 0 bridgehead atoms. The van der Waals surface area contributed by atoms with E-state index in [0.29, 0.717) is 18.3 Å². The van der Waals surface area contributed by atoms with Gasteiger partial charge in [-0.2, -0.15) is 0 Å². The van der Waals surface area contributed by atoms with Crippen molar-refractivity contribution in [1.82, 2.24) is 14.8 Å². The zero-order valence-corrected chi connectivity index (χ0v) is 11.0. The van der Waals surface area contributed by atoms with Crippen molar-refractivity contribution in [2.45, 2.75) is 46.8 Å². The Morgan fingerprint density at radius 3 is 2.53 bits per heavy atom. The molecule has 1 aromatic rings. The number of aliphatic hydroxyl groups is 1. The highest BCUT2D eigenvalue weighted by Gasteiger charge is 2.12. The molecule has 0 saturated heterocycles. The molecule has 98 valence electrons. The molecule has 0 fully saturated rings. The quantitative estimate of drug-likeness (QED) is 0.699. The van der Waals surface area contributed by atoms with Gasteiger partial charge in [0.1, 0.15) is 12.4 Å². The number of ether oxygens (including phenoxy) is 1. The van der Waals surface area contributed by atoms with Gasteiger partial charge in [0.15, 0.2) is 5.82 Å². The lowest BCUT2D eigenvalue weighted by Gasteiger charge is -2.11. The molecule has 0 amide bonds. The van der Waals surface area contributed by atoms with E-state index in [1.54, 1.807) is 0 Å². The van der Waals surface area contributed by atoms with Gasteiger partial charge in [-0.15, -0.1) is 10.2 Å². The van der Waals surface area contributed by atoms with E-state index in [9.17, 15) is 5.11 Å². The van der Waals surface area contributed by atoms with Crippen LogP contribution in [0.5, 0.6) is 0 Å². The van der Waals surface area contributed by atoms with Crippen LogP contribution in [0.2, 0.25) is 0 Å². The Morgan fingerprint density at radius 1 is 1.24 bits per heavy atom. The molecule has 0 radical (unpaired) electrons. The minimum Gasteiger partial charge on any atom is -0.388 e. The fourth-order valence-electron chi connectivity index (χ4n) is 1.66. The van der Waals surface area contributed by atoms with Crippen molar-refractivity contribution in [2.75, 3.05) is 13.2 Å². The van der Waals surface area contributed by atoms with E-state index in [-0.39, 0.29) is 6.61 Å². The zero-order chi connectivity index (χ0) is 12.7. The van der Waals surface area contributed by atoms with Crippen LogP contribution in [-0.2, 0) is 24.3 Å². The molecule has 1 aromatic heterocycles. The first kappa shape index (κ1) is 14.1. The highest BCUT2D eigenvalue weighted by molar-refractivity contribution is 4.95. The summed E-state index contributed by atoms with van der Waals surface area (Å²) in [7, 11) is 0. The Bertz CT molecular complexity index is 324. The average Bonchev–Trinajstić information content (AvgIpc) is 2.66. The monoisotopic (exact) mass is 241 g/mol. The van der Waals surface area contributed by atoms with Gasteiger partial charge in [0.05, 0.1) is 6.61 Å². The first-order valence-electron chi connectivity index (χ1n) is 6.28. The summed E-state index contributed by atoms with van der Waals surface area (Å²) < 4.78 is 7.45. The van der Waals surface area contributed by atoms with Crippen LogP contribution in [0.4, 0.5) is 0 Å². The van der Waals surface area contributed by atoms with Gasteiger partial charge in [-0.3, -0.25) is 0 Å². The Kier molecular flexibility index (Phi) is 6.15. The Balaban J connectivity index is 2.60. The third kappa shape index (κ3) is 4.44. The van der Waals surface area contributed by atoms with Crippen LogP contribution in [0, 0.1) is 5.92 Å². The van der Waals surface area contributed by atoms with Gasteiger partial charge < -0.3 is 14.4 Å². The Hall–Kier alpha value is -0.940. The molecule has 1 rings (SSSR count). The van der Waals surface area contributed by atoms with Gasteiger partial charge in [0.2, 0.25) is 0 Å². The van der Waals surface area contributed by atoms with Gasteiger partial charge >= 0.3 is 0 Å². The molecule has 0 aliphatic rings. The standard InChI is InChI=1S/C12H23N3O2/c1-4-6-17-7-5-11-13-14-12(9-16)15(11)8-10(2)3/h10,16H,4-9H2,1-3H3. The maximum atomic E-state index is 9.20. The van der Waals surface area contributed by atoms with Crippen LogP contribution in [0.3, 0.4) is 0 Å². The van der Waals surface area contributed by atoms with E-state index in [1.165, 1.54) is 0 Å². The van der Waals surface area contributed by atoms with Crippen LogP contribution in [-0.4, -0.2) is 33.1 Å². The number of hydrogen-bond donors (Lipinski definition) is 1. The van der Waals surface area contributed by atoms with Crippen LogP contribution in [0.15, 0.2) is 0 Å². The van der Waals surface area contributed by atoms with Crippen molar-refractivity contribution < 1.29 is 9.84 Å². The summed E-state index contributed by atoms with van der Waals surface area (Å²) in [5.41, 5.74) is 0. The number of aliphatic hydroxyl groups excluding tert-OH is 1. The molecular weight excluding hydrogens is 218 g/mol. The second-order valence-corrected chi connectivity index (χ2v) is 4.56. The molecule has 0 aliphatic carbocycles. The van der Waals surface area contributed by atoms with E-state index in [4.69, 9.17) is 4.74 Å². The summed E-state index contributed by atoms with van der Waals surface area (Å²) in [6.45, 7) is 8.59. The normalized spacial score (nSPS) is 11.4. The molecule has 0 aromatic carbocycles. The third-order valence-corrected chi connectivity index (χ3v) is 2.41. The summed E-state index contributed by atoms with van der Waals surface area (Å²) in [6, 6.07) is 0. The van der Waals surface area contributed by atoms with Crippen molar-refractivity contribution in [3.63, 3.8) is 0 Å². The fraction of sp³-hybridized carbons (Fsp3) is 0.833. The molecular formula is C12H23N3O2. The van der Waals surface area contributed by atoms with Gasteiger partial charge in [-0.1, -0.05) is 20.8 Å². The lowest BCUT2D eigenvalue weighted by Crippen LogP contribution is -2.13. The fourth-order valence-corrected chi connectivity index (χ4v) is 1.66. The van der Waals surface area contributed by atoms with Gasteiger partial charge in [-0.05, 0) is 12.3 Å². The largest absolute Gasteiger partial charge is 0.388 e. The minimum absolute atomic E-state index is 0.0600. The first-order chi connectivity index (χ1) is 8.19. The third-order valence-electron chi connectivity index (χ3n) is 2.41. The van der Waals surface area contributed by atoms with Crippen molar-refractivity contribution in [2.24, 2.45) is 5.92 Å². The lowest BCUT2D eigenvalue weighted by molar-refractivity contribution is 0.135. The Morgan fingerprint density at radius 2 is 1.94 bits per heavy atom. The smallest absolute Gasteiger partial charge is 0.158 e. The highest BCUT2D eigenvalue weighted by atomic mass is 16.5. The van der Waals surface area contributed by atoms with Gasteiger partial charge in [0.25, 0.3) is 0 Å². The molecule has 0 spiro atoms. The van der Waals surface area contributed by atoms with Crippen LogP contribution < -0.4 is 0 Å². The molecule has 17 heavy (non-hydrogen) atoms. The lowest BCUT2D eigenvalue weighted by atomic mass is 10.2. The number of hydrogen-bond acceptors (Lipinski definition) is 4. The number of nitrogens with zero attached hydrogens (tertiary/aromatic N) is 3. The molecule has 1 N–H and O–H groups in total. The minimum atomic E-state index is -0.0600. The van der Waals surface area contributed by atoms with Crippen LogP contribution in [0.1, 0.15) is 38.8 Å². The van der Waals surface area contributed by atoms with E-state index in [2.05, 4.69) is 31.0 Å². The van der Waals surface area contributed by atoms with Crippen LogP contribution >= 0.6 is 0 Å². The summed E-state index contributed by atoms with van der Waals surface area (Å²) in [5, 5.41) is 17.3. The molecule has 5 heteroatoms. The van der Waals surface area contributed by atoms with Gasteiger partial charge in [-0.25, -0.2) is 0 Å². The highest BCUT2D eigenvalue weighted by Crippen LogP contribution is 2.08. The summed E-state index contributed by atoms with van der Waals surface area (Å²) >= 11 is 0. The van der Waals surface area contributed by atoms with E-state index >= 15 is 0 Å². The number of aromatic nitrogens is 3. The average molecular weight is 241 g/mol. The van der Waals surface area contributed by atoms with Crippen molar-refractivity contribution in [3.8, 4) is 0 Å². The second kappa shape index (κ2) is 7.40. The van der Waals surface area contributed by atoms with E-state index in [1.807, 2.05) is 4.57 Å². The predicted molar refractivity (Wildman–Crippen MR) is 65.6 cm³/mol. The molecule has 0 aliphatic heterocycles. The summed E-state index contributed by atoms with van der Waals surface area (Å²) in [5.74, 6) is 2.05. The molecule has 0 unspecified atom stereocenters. The van der Waals surface area contributed by atoms with Gasteiger partial charge in [0, 0.05) is 19.6 Å². The molecule has 0 atom stereocenters. The van der Waals surface area contributed by atoms with Crippen molar-refractivity contribution in [1.29, 1.82) is 0 Å². The van der Waals surface area contributed by atoms with Crippen molar-refractivity contribution >= 4 is 0 Å². The Labute approximate surface area is 103 Å². The predicted octanol–water partition coefficient (Wildman–Crippen LogP) is 1.40. The summed E-state index contributed by atoms with van der Waals surface area (Å²) in [4.78, 5) is 0. The van der Waals surface area contributed by atoms with E-state index < -0.39 is 0 Å². The second-order valence-electron chi connectivity index (χ2n) is 4.56. The van der Waals surface area contributed by atoms with Crippen LogP contribution in [0.25, 0.3) is 0 Å². The maximum Gasteiger partial charge on any atom is 0.158 e. The molecule has 0 saturated carbocycles. The molecule has 1 heterocycles. The van der Waals surface area contributed by atoms with Crippen molar-refractivity contribution in [3.05, 3.63) is 11.6 Å². The summed E-state index contributed by atoms with van der Waals surface area (Å²) in [6.07, 6.45) is 1.78. The zero-order valence-electron chi connectivity index (χ0n) is 11.0. The number of rotatable bonds is 8. The topological polar surface area (TPSA) is 60.2 Å². The SMILES string of the molecule is CCCOCCc1nnc(CO)n1CC(C)C. The maximum absolute atomic E-state index is 9.20.